The van der Waals surface area contributed by atoms with Crippen LogP contribution in [-0.4, -0.2) is 10.7 Å². The Morgan fingerprint density at radius 2 is 1.75 bits per heavy atom. The molecule has 0 aliphatic rings. The van der Waals surface area contributed by atoms with E-state index in [-0.39, 0.29) is 5.41 Å². The normalized spacial score (nSPS) is 14.3. The molecule has 0 aromatic heterocycles. The van der Waals surface area contributed by atoms with Crippen LogP contribution in [0.2, 0.25) is 0 Å². The minimum atomic E-state index is -0.847. The summed E-state index contributed by atoms with van der Waals surface area (Å²) in [5.41, 5.74) is -0.185. The van der Waals surface area contributed by atoms with Crippen LogP contribution in [0, 0.1) is 0 Å². The third-order valence-electron chi connectivity index (χ3n) is 2.11. The maximum atomic E-state index is 9.30. The van der Waals surface area contributed by atoms with Gasteiger partial charge >= 0.3 is 0 Å². The molecule has 1 aromatic rings. The van der Waals surface area contributed by atoms with Gasteiger partial charge in [0.2, 0.25) is 0 Å². The first-order chi connectivity index (χ1) is 5.55. The van der Waals surface area contributed by atoms with Gasteiger partial charge in [0.05, 0.1) is 0 Å². The van der Waals surface area contributed by atoms with E-state index in [1.165, 1.54) is 0 Å². The first-order valence-corrected chi connectivity index (χ1v) is 4.36. The minimum Gasteiger partial charge on any atom is -0.377 e. The van der Waals surface area contributed by atoms with Crippen LogP contribution >= 0.6 is 11.6 Å². The predicted molar refractivity (Wildman–Crippen MR) is 51.3 cm³/mol. The second kappa shape index (κ2) is 3.46. The van der Waals surface area contributed by atoms with Crippen molar-refractivity contribution in [1.29, 1.82) is 0 Å². The van der Waals surface area contributed by atoms with Crippen molar-refractivity contribution in [3.05, 3.63) is 35.9 Å². The maximum absolute atomic E-state index is 9.30. The fraction of sp³-hybridized carbons (Fsp3) is 0.400. The SMILES string of the molecule is CC(C)(c1ccccc1)C(O)Cl. The fourth-order valence-corrected chi connectivity index (χ4v) is 1.13. The van der Waals surface area contributed by atoms with Crippen molar-refractivity contribution in [2.45, 2.75) is 24.8 Å². The maximum Gasteiger partial charge on any atom is 0.137 e. The highest BCUT2D eigenvalue weighted by atomic mass is 35.5. The molecule has 1 N–H and O–H groups in total. The Labute approximate surface area is 78.0 Å². The lowest BCUT2D eigenvalue weighted by Crippen LogP contribution is -2.28. The zero-order valence-electron chi connectivity index (χ0n) is 7.29. The number of aliphatic hydroxyl groups excluding tert-OH is 1. The van der Waals surface area contributed by atoms with E-state index < -0.39 is 5.56 Å². The highest BCUT2D eigenvalue weighted by Gasteiger charge is 2.27. The average Bonchev–Trinajstić information content (AvgIpc) is 2.06. The second-order valence-corrected chi connectivity index (χ2v) is 3.84. The van der Waals surface area contributed by atoms with Crippen molar-refractivity contribution in [3.63, 3.8) is 0 Å². The number of benzene rings is 1. The van der Waals surface area contributed by atoms with Crippen LogP contribution in [0.5, 0.6) is 0 Å². The lowest BCUT2D eigenvalue weighted by molar-refractivity contribution is 0.176. The summed E-state index contributed by atoms with van der Waals surface area (Å²) >= 11 is 5.66. The molecule has 0 bridgehead atoms. The molecule has 0 radical (unpaired) electrons. The van der Waals surface area contributed by atoms with E-state index in [1.807, 2.05) is 44.2 Å². The van der Waals surface area contributed by atoms with Crippen molar-refractivity contribution >= 4 is 11.6 Å². The van der Waals surface area contributed by atoms with Crippen molar-refractivity contribution < 1.29 is 5.11 Å². The largest absolute Gasteiger partial charge is 0.377 e. The van der Waals surface area contributed by atoms with E-state index in [1.54, 1.807) is 0 Å². The van der Waals surface area contributed by atoms with Gasteiger partial charge in [0.15, 0.2) is 0 Å². The average molecular weight is 185 g/mol. The topological polar surface area (TPSA) is 20.2 Å². The van der Waals surface area contributed by atoms with E-state index in [9.17, 15) is 5.11 Å². The molecule has 1 unspecified atom stereocenters. The van der Waals surface area contributed by atoms with Crippen molar-refractivity contribution in [2.75, 3.05) is 0 Å². The smallest absolute Gasteiger partial charge is 0.137 e. The molecule has 1 rings (SSSR count). The molecule has 0 aliphatic carbocycles. The summed E-state index contributed by atoms with van der Waals surface area (Å²) in [6.07, 6.45) is 0. The van der Waals surface area contributed by atoms with Crippen LogP contribution in [-0.2, 0) is 5.41 Å². The highest BCUT2D eigenvalue weighted by Crippen LogP contribution is 2.28. The zero-order chi connectivity index (χ0) is 9.19. The molecular weight excluding hydrogens is 172 g/mol. The van der Waals surface area contributed by atoms with Crippen molar-refractivity contribution in [2.24, 2.45) is 0 Å². The quantitative estimate of drug-likeness (QED) is 0.701. The monoisotopic (exact) mass is 184 g/mol. The number of rotatable bonds is 2. The van der Waals surface area contributed by atoms with Crippen LogP contribution in [0.3, 0.4) is 0 Å². The lowest BCUT2D eigenvalue weighted by atomic mass is 9.85. The first-order valence-electron chi connectivity index (χ1n) is 3.93. The number of halogens is 1. The molecule has 1 atom stereocenters. The summed E-state index contributed by atoms with van der Waals surface area (Å²) in [6.45, 7) is 3.83. The van der Waals surface area contributed by atoms with E-state index in [2.05, 4.69) is 0 Å². The van der Waals surface area contributed by atoms with Crippen LogP contribution in [0.15, 0.2) is 30.3 Å². The molecule has 1 nitrogen and oxygen atoms in total. The summed E-state index contributed by atoms with van der Waals surface area (Å²) in [7, 11) is 0. The van der Waals surface area contributed by atoms with Gasteiger partial charge in [-0.15, -0.1) is 0 Å². The Bertz CT molecular complexity index is 241. The molecule has 0 amide bonds. The van der Waals surface area contributed by atoms with Gasteiger partial charge in [0.25, 0.3) is 0 Å². The standard InChI is InChI=1S/C10H13ClO/c1-10(2,9(11)12)8-6-4-3-5-7-8/h3-7,9,12H,1-2H3. The van der Waals surface area contributed by atoms with Gasteiger partial charge in [-0.3, -0.25) is 0 Å². The lowest BCUT2D eigenvalue weighted by Gasteiger charge is -2.26. The molecular formula is C10H13ClO. The Hall–Kier alpha value is -0.530. The molecule has 0 saturated carbocycles. The van der Waals surface area contributed by atoms with Crippen LogP contribution < -0.4 is 0 Å². The molecule has 66 valence electrons. The van der Waals surface area contributed by atoms with Crippen LogP contribution in [0.25, 0.3) is 0 Å². The van der Waals surface area contributed by atoms with Gasteiger partial charge in [0.1, 0.15) is 5.56 Å². The van der Waals surface area contributed by atoms with E-state index in [0.717, 1.165) is 5.56 Å². The number of aliphatic hydroxyl groups is 1. The third-order valence-corrected chi connectivity index (χ3v) is 2.66. The summed E-state index contributed by atoms with van der Waals surface area (Å²) in [5, 5.41) is 9.30. The number of hydrogen-bond acceptors (Lipinski definition) is 1. The minimum absolute atomic E-state index is 0.386. The molecule has 1 aromatic carbocycles. The molecule has 2 heteroatoms. The summed E-state index contributed by atoms with van der Waals surface area (Å²) in [6, 6.07) is 9.75. The number of alkyl halides is 1. The summed E-state index contributed by atoms with van der Waals surface area (Å²) in [5.74, 6) is 0. The zero-order valence-corrected chi connectivity index (χ0v) is 8.05. The van der Waals surface area contributed by atoms with Gasteiger partial charge in [-0.05, 0) is 5.56 Å². The van der Waals surface area contributed by atoms with Gasteiger partial charge in [-0.1, -0.05) is 55.8 Å². The van der Waals surface area contributed by atoms with Crippen molar-refractivity contribution in [3.8, 4) is 0 Å². The van der Waals surface area contributed by atoms with E-state index in [0.29, 0.717) is 0 Å². The first kappa shape index (κ1) is 9.56. The van der Waals surface area contributed by atoms with E-state index in [4.69, 9.17) is 11.6 Å². The predicted octanol–water partition coefficient (Wildman–Crippen LogP) is 2.52. The molecule has 12 heavy (non-hydrogen) atoms. The summed E-state index contributed by atoms with van der Waals surface area (Å²) < 4.78 is 0. The number of hydrogen-bond donors (Lipinski definition) is 1. The van der Waals surface area contributed by atoms with Gasteiger partial charge < -0.3 is 5.11 Å². The molecule has 0 saturated heterocycles. The Kier molecular flexibility index (Phi) is 2.76. The second-order valence-electron chi connectivity index (χ2n) is 3.42. The fourth-order valence-electron chi connectivity index (χ4n) is 1.01. The molecule has 0 fully saturated rings. The van der Waals surface area contributed by atoms with Crippen LogP contribution in [0.4, 0.5) is 0 Å². The molecule has 0 spiro atoms. The van der Waals surface area contributed by atoms with Crippen molar-refractivity contribution in [1.82, 2.24) is 0 Å². The Morgan fingerprint density at radius 3 is 2.17 bits per heavy atom. The Morgan fingerprint density at radius 1 is 1.25 bits per heavy atom. The van der Waals surface area contributed by atoms with Gasteiger partial charge in [-0.2, -0.15) is 0 Å². The molecule has 0 heterocycles. The van der Waals surface area contributed by atoms with Gasteiger partial charge in [-0.25, -0.2) is 0 Å². The van der Waals surface area contributed by atoms with Gasteiger partial charge in [0, 0.05) is 5.41 Å². The summed E-state index contributed by atoms with van der Waals surface area (Å²) in [4.78, 5) is 0. The third kappa shape index (κ3) is 1.79. The van der Waals surface area contributed by atoms with Crippen LogP contribution in [0.1, 0.15) is 19.4 Å². The molecule has 0 aliphatic heterocycles. The van der Waals surface area contributed by atoms with E-state index >= 15 is 0 Å². The Balaban J connectivity index is 2.98. The highest BCUT2D eigenvalue weighted by molar-refractivity contribution is 6.20.